The molecule has 1 saturated heterocycles. The summed E-state index contributed by atoms with van der Waals surface area (Å²) in [6, 6.07) is 5.15. The number of aromatic nitrogens is 2. The molecule has 0 spiro atoms. The van der Waals surface area contributed by atoms with Crippen molar-refractivity contribution >= 4 is 47.2 Å². The van der Waals surface area contributed by atoms with Crippen molar-refractivity contribution in [1.82, 2.24) is 20.0 Å². The molecule has 1 fully saturated rings. The van der Waals surface area contributed by atoms with Gasteiger partial charge in [-0.3, -0.25) is 14.5 Å². The second kappa shape index (κ2) is 9.90. The summed E-state index contributed by atoms with van der Waals surface area (Å²) in [5, 5.41) is 7.34. The molecule has 158 valence electrons. The third-order valence-corrected chi connectivity index (χ3v) is 4.68. The van der Waals surface area contributed by atoms with E-state index >= 15 is 0 Å². The van der Waals surface area contributed by atoms with E-state index in [4.69, 9.17) is 0 Å². The van der Waals surface area contributed by atoms with Crippen molar-refractivity contribution in [1.29, 1.82) is 0 Å². The summed E-state index contributed by atoms with van der Waals surface area (Å²) in [7, 11) is 7.11. The van der Waals surface area contributed by atoms with Gasteiger partial charge in [-0.25, -0.2) is 4.39 Å². The minimum absolute atomic E-state index is 0. The second-order valence-corrected chi connectivity index (χ2v) is 6.92. The number of halogens is 2. The Bertz CT molecular complexity index is 883. The third-order valence-electron chi connectivity index (χ3n) is 4.68. The van der Waals surface area contributed by atoms with Crippen LogP contribution in [-0.2, 0) is 18.4 Å². The predicted octanol–water partition coefficient (Wildman–Crippen LogP) is 1.67. The Morgan fingerprint density at radius 3 is 2.66 bits per heavy atom. The Morgan fingerprint density at radius 2 is 2.10 bits per heavy atom. The Hall–Kier alpha value is -2.37. The molecule has 8 nitrogen and oxygen atoms in total. The van der Waals surface area contributed by atoms with Crippen molar-refractivity contribution in [2.45, 2.75) is 6.54 Å². The summed E-state index contributed by atoms with van der Waals surface area (Å²) in [6.45, 7) is 1.85. The standard InChI is InChI=1S/C19H26FN7O.HI/c1-21-19(22-10-14-5-6-17(24(2)3)16(20)9-14)26-7-8-27(18(28)13-26)15-11-23-25(4)12-15;/h5-6,9,11-12H,7-8,10,13H2,1-4H3,(H,21,22);1H. The van der Waals surface area contributed by atoms with Crippen molar-refractivity contribution in [2.75, 3.05) is 50.6 Å². The minimum Gasteiger partial charge on any atom is -0.375 e. The van der Waals surface area contributed by atoms with E-state index in [9.17, 15) is 9.18 Å². The summed E-state index contributed by atoms with van der Waals surface area (Å²) in [4.78, 5) is 22.2. The number of hydrogen-bond acceptors (Lipinski definition) is 4. The molecule has 1 aliphatic rings. The highest BCUT2D eigenvalue weighted by Gasteiger charge is 2.27. The van der Waals surface area contributed by atoms with Gasteiger partial charge >= 0.3 is 0 Å². The molecule has 1 aromatic heterocycles. The average Bonchev–Trinajstić information content (AvgIpc) is 3.08. The van der Waals surface area contributed by atoms with Crippen molar-refractivity contribution in [3.05, 3.63) is 42.0 Å². The van der Waals surface area contributed by atoms with Crippen molar-refractivity contribution in [3.8, 4) is 0 Å². The molecular formula is C19H27FIN7O. The number of aryl methyl sites for hydroxylation is 1. The number of guanidine groups is 1. The number of nitrogens with zero attached hydrogens (tertiary/aromatic N) is 6. The van der Waals surface area contributed by atoms with Gasteiger partial charge in [-0.1, -0.05) is 6.07 Å². The fraction of sp³-hybridized carbons (Fsp3) is 0.421. The van der Waals surface area contributed by atoms with Crippen LogP contribution in [0.3, 0.4) is 0 Å². The molecule has 0 radical (unpaired) electrons. The largest absolute Gasteiger partial charge is 0.375 e. The lowest BCUT2D eigenvalue weighted by atomic mass is 10.2. The van der Waals surface area contributed by atoms with Gasteiger partial charge in [0.25, 0.3) is 0 Å². The van der Waals surface area contributed by atoms with Gasteiger partial charge < -0.3 is 20.0 Å². The molecule has 0 aliphatic carbocycles. The maximum Gasteiger partial charge on any atom is 0.246 e. The number of carbonyl (C=O) groups excluding carboxylic acids is 1. The number of anilines is 2. The molecule has 2 heterocycles. The van der Waals surface area contributed by atoms with Crippen LogP contribution in [-0.4, -0.2) is 67.3 Å². The molecule has 10 heteroatoms. The van der Waals surface area contributed by atoms with E-state index in [-0.39, 0.29) is 42.2 Å². The summed E-state index contributed by atoms with van der Waals surface area (Å²) >= 11 is 0. The van der Waals surface area contributed by atoms with Gasteiger partial charge in [0, 0.05) is 54.0 Å². The van der Waals surface area contributed by atoms with Crippen LogP contribution in [0.25, 0.3) is 0 Å². The Labute approximate surface area is 187 Å². The first kappa shape index (κ1) is 22.9. The van der Waals surface area contributed by atoms with Gasteiger partial charge in [0.05, 0.1) is 17.6 Å². The van der Waals surface area contributed by atoms with Gasteiger partial charge in [0.1, 0.15) is 12.4 Å². The van der Waals surface area contributed by atoms with Crippen LogP contribution < -0.4 is 15.1 Å². The highest BCUT2D eigenvalue weighted by atomic mass is 127. The zero-order chi connectivity index (χ0) is 20.3. The zero-order valence-electron chi connectivity index (χ0n) is 17.1. The molecule has 1 amide bonds. The number of carbonyl (C=O) groups is 1. The van der Waals surface area contributed by atoms with E-state index in [1.54, 1.807) is 47.9 Å². The smallest absolute Gasteiger partial charge is 0.246 e. The maximum atomic E-state index is 14.2. The molecule has 29 heavy (non-hydrogen) atoms. The molecule has 0 atom stereocenters. The molecule has 1 aliphatic heterocycles. The lowest BCUT2D eigenvalue weighted by molar-refractivity contribution is -0.120. The van der Waals surface area contributed by atoms with Gasteiger partial charge in [0.15, 0.2) is 5.96 Å². The SMILES string of the molecule is CN=C(NCc1ccc(N(C)C)c(F)c1)N1CCN(c2cnn(C)c2)C(=O)C1.I. The molecule has 0 unspecified atom stereocenters. The first-order valence-electron chi connectivity index (χ1n) is 9.09. The fourth-order valence-electron chi connectivity index (χ4n) is 3.21. The van der Waals surface area contributed by atoms with E-state index < -0.39 is 0 Å². The quantitative estimate of drug-likeness (QED) is 0.382. The first-order chi connectivity index (χ1) is 13.4. The van der Waals surface area contributed by atoms with Crippen LogP contribution in [0, 0.1) is 5.82 Å². The number of aliphatic imine (C=N–C) groups is 1. The highest BCUT2D eigenvalue weighted by molar-refractivity contribution is 14.0. The Morgan fingerprint density at radius 1 is 1.34 bits per heavy atom. The summed E-state index contributed by atoms with van der Waals surface area (Å²) < 4.78 is 15.8. The first-order valence-corrected chi connectivity index (χ1v) is 9.09. The van der Waals surface area contributed by atoms with Gasteiger partial charge in [-0.15, -0.1) is 24.0 Å². The molecule has 0 bridgehead atoms. The monoisotopic (exact) mass is 515 g/mol. The van der Waals surface area contributed by atoms with E-state index in [2.05, 4.69) is 15.4 Å². The van der Waals surface area contributed by atoms with E-state index in [0.717, 1.165) is 11.3 Å². The maximum absolute atomic E-state index is 14.2. The molecule has 0 saturated carbocycles. The van der Waals surface area contributed by atoms with Gasteiger partial charge in [0.2, 0.25) is 5.91 Å². The number of piperazine rings is 1. The zero-order valence-corrected chi connectivity index (χ0v) is 19.4. The van der Waals surface area contributed by atoms with Crippen molar-refractivity contribution in [2.24, 2.45) is 12.0 Å². The number of benzene rings is 1. The molecule has 1 aromatic carbocycles. The van der Waals surface area contributed by atoms with Crippen LogP contribution >= 0.6 is 24.0 Å². The Balaban J connectivity index is 0.00000300. The number of hydrogen-bond donors (Lipinski definition) is 1. The predicted molar refractivity (Wildman–Crippen MR) is 123 cm³/mol. The van der Waals surface area contributed by atoms with Crippen LogP contribution in [0.1, 0.15) is 5.56 Å². The number of nitrogens with one attached hydrogen (secondary N) is 1. The summed E-state index contributed by atoms with van der Waals surface area (Å²) in [6.07, 6.45) is 3.51. The van der Waals surface area contributed by atoms with E-state index in [1.807, 2.05) is 24.2 Å². The van der Waals surface area contributed by atoms with E-state index in [0.29, 0.717) is 31.3 Å². The Kier molecular flexibility index (Phi) is 7.82. The van der Waals surface area contributed by atoms with Crippen molar-refractivity contribution < 1.29 is 9.18 Å². The van der Waals surface area contributed by atoms with Gasteiger partial charge in [-0.2, -0.15) is 5.10 Å². The topological polar surface area (TPSA) is 69.0 Å². The van der Waals surface area contributed by atoms with Crippen LogP contribution in [0.5, 0.6) is 0 Å². The number of amides is 1. The fourth-order valence-corrected chi connectivity index (χ4v) is 3.21. The summed E-state index contributed by atoms with van der Waals surface area (Å²) in [5.74, 6) is 0.347. The second-order valence-electron chi connectivity index (χ2n) is 6.92. The molecule has 1 N–H and O–H groups in total. The van der Waals surface area contributed by atoms with Crippen LogP contribution in [0.4, 0.5) is 15.8 Å². The molecule has 2 aromatic rings. The average molecular weight is 515 g/mol. The number of rotatable bonds is 4. The minimum atomic E-state index is -0.264. The normalized spacial score (nSPS) is 14.7. The third kappa shape index (κ3) is 5.37. The van der Waals surface area contributed by atoms with Crippen molar-refractivity contribution in [3.63, 3.8) is 0 Å². The molecule has 3 rings (SSSR count). The summed E-state index contributed by atoms with van der Waals surface area (Å²) in [5.41, 5.74) is 2.15. The lowest BCUT2D eigenvalue weighted by Crippen LogP contribution is -2.55. The van der Waals surface area contributed by atoms with E-state index in [1.165, 1.54) is 6.07 Å². The molecular weight excluding hydrogens is 488 g/mol. The van der Waals surface area contributed by atoms with Crippen LogP contribution in [0.15, 0.2) is 35.6 Å². The lowest BCUT2D eigenvalue weighted by Gasteiger charge is -2.35. The van der Waals surface area contributed by atoms with Crippen LogP contribution in [0.2, 0.25) is 0 Å². The highest BCUT2D eigenvalue weighted by Crippen LogP contribution is 2.19. The van der Waals surface area contributed by atoms with Gasteiger partial charge in [-0.05, 0) is 17.7 Å².